The van der Waals surface area contributed by atoms with Crippen LogP contribution in [0.2, 0.25) is 20.1 Å². The third-order valence-corrected chi connectivity index (χ3v) is 25.8. The van der Waals surface area contributed by atoms with Gasteiger partial charge in [0, 0.05) is 95.9 Å². The number of phenols is 4. The Hall–Kier alpha value is -12.1. The Morgan fingerprint density at radius 1 is 0.314 bits per heavy atom. The first kappa shape index (κ1) is 82.6. The van der Waals surface area contributed by atoms with Crippen LogP contribution >= 0.6 is 46.4 Å². The summed E-state index contributed by atoms with van der Waals surface area (Å²) in [5.41, 5.74) is 17.0. The van der Waals surface area contributed by atoms with E-state index in [4.69, 9.17) is 84.3 Å². The van der Waals surface area contributed by atoms with Crippen LogP contribution in [0.25, 0.3) is 109 Å². The molecule has 5 aliphatic carbocycles. The number of alkyl halides is 3. The molecule has 0 aliphatic heterocycles. The molecule has 0 unspecified atom stereocenters. The molecule has 0 saturated heterocycles. The molecule has 23 heteroatoms. The molecule has 0 spiro atoms. The zero-order valence-electron chi connectivity index (χ0n) is 67.2. The number of ether oxygens (including phenoxy) is 8. The molecule has 0 heterocycles. The summed E-state index contributed by atoms with van der Waals surface area (Å²) in [5.74, 6) is 6.45. The van der Waals surface area contributed by atoms with Crippen LogP contribution in [0.4, 0.5) is 13.2 Å². The van der Waals surface area contributed by atoms with Gasteiger partial charge in [-0.2, -0.15) is 21.6 Å². The smallest absolute Gasteiger partial charge is 0.508 e. The minimum atomic E-state index is -5.90. The fraction of sp³-hybridized carbons (Fsp3) is 0.184. The van der Waals surface area contributed by atoms with Crippen molar-refractivity contribution in [3.63, 3.8) is 0 Å². The zero-order valence-corrected chi connectivity index (χ0v) is 71.0. The first-order valence-corrected chi connectivity index (χ1v) is 41.6. The van der Waals surface area contributed by atoms with Gasteiger partial charge in [-0.3, -0.25) is 0 Å². The highest BCUT2D eigenvalue weighted by Gasteiger charge is 2.50. The van der Waals surface area contributed by atoms with Crippen LogP contribution in [0.15, 0.2) is 188 Å². The minimum Gasteiger partial charge on any atom is -0.508 e. The van der Waals surface area contributed by atoms with Crippen LogP contribution < -0.4 is 42.1 Å². The van der Waals surface area contributed by atoms with Crippen molar-refractivity contribution in [2.24, 2.45) is 0 Å². The van der Waals surface area contributed by atoms with Crippen LogP contribution in [-0.4, -0.2) is 91.2 Å². The SMILES string of the molecule is CCc1c2c(c(Cl)c3ccc(O)cc13)-c1ccc(O)cc1C2.CCc1c2c(c(Cl)c3ccc(OC)cc13)-c1ccc(OC)cc1C2.COc1ccc2c(c1)Cc1c-2c(Cl)c2ccc(OC)cc2c1O.COc1ccc2c(c1)Cc1c-2c(Cl)c2ccc(OC)cc2c1OS(=O)(=O)C(F)(F)F.COc1ccc2c(c1)Cc1c-2cc2ccc(OC)cc2c1O. The van der Waals surface area contributed by atoms with Gasteiger partial charge in [0.2, 0.25) is 0 Å². The number of methoxy groups -OCH3 is 8. The van der Waals surface area contributed by atoms with Crippen molar-refractivity contribution >= 4 is 110 Å². The van der Waals surface area contributed by atoms with Crippen LogP contribution in [0.1, 0.15) is 80.6 Å². The molecular weight excluding hydrogens is 1650 g/mol. The third-order valence-electron chi connectivity index (χ3n) is 23.3. The third kappa shape index (κ3) is 14.6. The summed E-state index contributed by atoms with van der Waals surface area (Å²) in [7, 11) is 6.92. The van der Waals surface area contributed by atoms with Crippen molar-refractivity contribution in [2.75, 3.05) is 56.9 Å². The van der Waals surface area contributed by atoms with Crippen molar-refractivity contribution in [1.29, 1.82) is 0 Å². The number of rotatable bonds is 12. The largest absolute Gasteiger partial charge is 0.534 e. The molecule has 0 bridgehead atoms. The lowest BCUT2D eigenvalue weighted by molar-refractivity contribution is -0.0499. The van der Waals surface area contributed by atoms with E-state index in [1.54, 1.807) is 91.2 Å². The maximum atomic E-state index is 13.1. The van der Waals surface area contributed by atoms with E-state index in [1.165, 1.54) is 75.7 Å². The summed E-state index contributed by atoms with van der Waals surface area (Å²) in [6.07, 6.45) is 5.00. The van der Waals surface area contributed by atoms with E-state index in [2.05, 4.69) is 54.4 Å². The number of aryl methyl sites for hydroxylation is 2. The lowest BCUT2D eigenvalue weighted by Crippen LogP contribution is -2.28. The molecule has 0 saturated carbocycles. The average molecular weight is 1730 g/mol. The van der Waals surface area contributed by atoms with E-state index >= 15 is 0 Å². The van der Waals surface area contributed by atoms with E-state index in [1.807, 2.05) is 97.1 Å². The second-order valence-corrected chi connectivity index (χ2v) is 32.7. The van der Waals surface area contributed by atoms with E-state index in [0.29, 0.717) is 56.3 Å². The van der Waals surface area contributed by atoms with Gasteiger partial charge in [0.25, 0.3) is 0 Å². The average Bonchev–Trinajstić information content (AvgIpc) is 1.17. The van der Waals surface area contributed by atoms with Crippen molar-refractivity contribution in [3.05, 3.63) is 275 Å². The molecule has 20 rings (SSSR count). The normalized spacial score (nSPS) is 12.4. The van der Waals surface area contributed by atoms with Gasteiger partial charge < -0.3 is 62.5 Å². The number of halogens is 7. The topological polar surface area (TPSA) is 198 Å². The fourth-order valence-corrected chi connectivity index (χ4v) is 19.6. The first-order chi connectivity index (χ1) is 58.2. The molecule has 616 valence electrons. The first-order valence-electron chi connectivity index (χ1n) is 38.6. The molecule has 0 radical (unpaired) electrons. The zero-order chi connectivity index (χ0) is 85.5. The molecule has 0 atom stereocenters. The second kappa shape index (κ2) is 32.8. The maximum absolute atomic E-state index is 13.1. The van der Waals surface area contributed by atoms with Crippen molar-refractivity contribution < 1.29 is 84.1 Å². The van der Waals surface area contributed by atoms with E-state index < -0.39 is 21.4 Å². The molecule has 0 aromatic heterocycles. The Labute approximate surface area is 716 Å². The van der Waals surface area contributed by atoms with E-state index in [9.17, 15) is 42.0 Å². The Balaban J connectivity index is 0.000000113. The summed E-state index contributed by atoms with van der Waals surface area (Å²) in [5, 5.41) is 51.6. The number of phenolic OH excluding ortho intramolecular Hbond substituents is 4. The molecule has 0 amide bonds. The van der Waals surface area contributed by atoms with Gasteiger partial charge in [-0.15, -0.1) is 0 Å². The Kier molecular flexibility index (Phi) is 22.4. The number of hydrogen-bond acceptors (Lipinski definition) is 15. The predicted molar refractivity (Wildman–Crippen MR) is 474 cm³/mol. The van der Waals surface area contributed by atoms with Crippen LogP contribution in [0, 0.1) is 0 Å². The summed E-state index contributed by atoms with van der Waals surface area (Å²) in [6.45, 7) is 4.32. The molecular formula is C98H79Cl4F3O15S. The fourth-order valence-electron chi connectivity index (χ4n) is 17.5. The second-order valence-electron chi connectivity index (χ2n) is 29.6. The summed E-state index contributed by atoms with van der Waals surface area (Å²) in [4.78, 5) is 0. The van der Waals surface area contributed by atoms with Crippen LogP contribution in [0.3, 0.4) is 0 Å². The van der Waals surface area contributed by atoms with Gasteiger partial charge in [-0.1, -0.05) is 96.6 Å². The number of benzene rings is 15. The van der Waals surface area contributed by atoms with Crippen molar-refractivity contribution in [1.82, 2.24) is 0 Å². The maximum Gasteiger partial charge on any atom is 0.534 e. The molecule has 121 heavy (non-hydrogen) atoms. The standard InChI is InChI=1S/C21H19ClO2.C20H14ClF3O5S.C19H15ClO3.C19H15ClO2.C19H16O3/c1-4-15-18-11-14(24-3)6-8-17(18)21(22)20-16-7-5-13(23-2)9-12(16)10-19(15)20;1-27-11-3-5-13-10(7-11)8-16-17(13)18(21)14-6-4-12(28-2)9-15(14)19(16)29-30(25,26)20(22,23)24;1-22-11-3-5-13-10(7-11)8-16-17(13)18(20)14-6-4-12(23-2)9-15(14)19(16)21;1-2-13-16-9-12(22)4-6-15(16)19(20)18-14-5-3-11(21)7-10(14)8-17(13)18;1-21-13-5-6-15-12(7-13)9-18-17(15)8-11-3-4-14(22-2)10-16(11)19(18)20/h5-9,11H,4,10H2,1-3H3;3-7,9H,8H2,1-2H3;3-7,9,21H,8H2,1-2H3;3-7,9,21-22H,2,8H2,1H3;3-8,10,20H,9H2,1-2H3. The highest BCUT2D eigenvalue weighted by atomic mass is 35.5. The van der Waals surface area contributed by atoms with E-state index in [-0.39, 0.29) is 39.6 Å². The summed E-state index contributed by atoms with van der Waals surface area (Å²) < 4.78 is 110. The highest BCUT2D eigenvalue weighted by Crippen LogP contribution is 2.56. The Morgan fingerprint density at radius 2 is 0.620 bits per heavy atom. The van der Waals surface area contributed by atoms with Gasteiger partial charge in [0.15, 0.2) is 5.75 Å². The molecule has 15 aromatic rings. The van der Waals surface area contributed by atoms with Gasteiger partial charge in [-0.25, -0.2) is 0 Å². The molecule has 15 aromatic carbocycles. The monoisotopic (exact) mass is 1720 g/mol. The lowest BCUT2D eigenvalue weighted by atomic mass is 9.92. The minimum absolute atomic E-state index is 0.102. The van der Waals surface area contributed by atoms with Gasteiger partial charge in [-0.05, 0) is 277 Å². The molecule has 15 nitrogen and oxygen atoms in total. The predicted octanol–water partition coefficient (Wildman–Crippen LogP) is 24.9. The van der Waals surface area contributed by atoms with Gasteiger partial charge in [0.1, 0.15) is 69.0 Å². The van der Waals surface area contributed by atoms with Gasteiger partial charge in [0.05, 0.1) is 77.0 Å². The number of hydrogen-bond donors (Lipinski definition) is 4. The molecule has 5 aliphatic rings. The number of fused-ring (bicyclic) bond motifs is 20. The van der Waals surface area contributed by atoms with Crippen molar-refractivity contribution in [2.45, 2.75) is 64.3 Å². The molecule has 4 N–H and O–H groups in total. The molecule has 0 fully saturated rings. The number of aromatic hydroxyl groups is 4. The quantitative estimate of drug-likeness (QED) is 0.0665. The van der Waals surface area contributed by atoms with Crippen LogP contribution in [-0.2, 0) is 55.1 Å². The van der Waals surface area contributed by atoms with Crippen molar-refractivity contribution in [3.8, 4) is 130 Å². The summed E-state index contributed by atoms with van der Waals surface area (Å²) in [6, 6.07) is 58.3. The highest BCUT2D eigenvalue weighted by molar-refractivity contribution is 7.88. The van der Waals surface area contributed by atoms with Gasteiger partial charge >= 0.3 is 15.6 Å². The van der Waals surface area contributed by atoms with E-state index in [0.717, 1.165) is 159 Å². The Bertz CT molecular complexity index is 6930. The van der Waals surface area contributed by atoms with Crippen LogP contribution in [0.5, 0.6) is 74.7 Å². The Morgan fingerprint density at radius 3 is 1.08 bits per heavy atom. The summed E-state index contributed by atoms with van der Waals surface area (Å²) >= 11 is 26.8. The lowest BCUT2D eigenvalue weighted by Gasteiger charge is -2.17.